The molecule has 4 heteroatoms. The van der Waals surface area contributed by atoms with Crippen LogP contribution in [0.5, 0.6) is 0 Å². The Balaban J connectivity index is 1.67. The summed E-state index contributed by atoms with van der Waals surface area (Å²) in [6.07, 6.45) is 7.23. The average Bonchev–Trinajstić information content (AvgIpc) is 2.87. The number of hydrogen-bond acceptors (Lipinski definition) is 4. The lowest BCUT2D eigenvalue weighted by Crippen LogP contribution is -2.52. The van der Waals surface area contributed by atoms with E-state index in [1.54, 1.807) is 0 Å². The Hall–Kier alpha value is 0.230. The van der Waals surface area contributed by atoms with Crippen LogP contribution in [0.1, 0.15) is 51.4 Å². The summed E-state index contributed by atoms with van der Waals surface area (Å²) < 4.78 is 6.01. The Labute approximate surface area is 120 Å². The van der Waals surface area contributed by atoms with E-state index < -0.39 is 11.7 Å². The van der Waals surface area contributed by atoms with Gasteiger partial charge in [-0.3, -0.25) is 0 Å². The van der Waals surface area contributed by atoms with Gasteiger partial charge in [-0.15, -0.1) is 0 Å². The van der Waals surface area contributed by atoms with E-state index in [1.807, 2.05) is 11.8 Å². The molecule has 2 saturated heterocycles. The highest BCUT2D eigenvalue weighted by molar-refractivity contribution is 7.99. The van der Waals surface area contributed by atoms with Gasteiger partial charge in [0.1, 0.15) is 0 Å². The summed E-state index contributed by atoms with van der Waals surface area (Å²) in [6, 6.07) is 0. The molecule has 1 aliphatic carbocycles. The largest absolute Gasteiger partial charge is 0.390 e. The molecule has 2 N–H and O–H groups in total. The van der Waals surface area contributed by atoms with Crippen LogP contribution in [-0.4, -0.2) is 45.6 Å². The number of ether oxygens (including phenoxy) is 1. The molecule has 0 aromatic heterocycles. The molecule has 0 amide bonds. The van der Waals surface area contributed by atoms with Gasteiger partial charge in [0.05, 0.1) is 17.3 Å². The lowest BCUT2D eigenvalue weighted by atomic mass is 9.72. The van der Waals surface area contributed by atoms with Gasteiger partial charge in [-0.05, 0) is 43.8 Å². The van der Waals surface area contributed by atoms with Gasteiger partial charge in [-0.1, -0.05) is 19.3 Å². The predicted molar refractivity (Wildman–Crippen MR) is 77.4 cm³/mol. The summed E-state index contributed by atoms with van der Waals surface area (Å²) in [6.45, 7) is 0.748. The summed E-state index contributed by atoms with van der Waals surface area (Å²) in [7, 11) is 0. The summed E-state index contributed by atoms with van der Waals surface area (Å²) in [5.74, 6) is 2.46. The molecule has 0 aromatic rings. The van der Waals surface area contributed by atoms with Crippen molar-refractivity contribution in [1.29, 1.82) is 0 Å². The molecule has 1 saturated carbocycles. The van der Waals surface area contributed by atoms with Gasteiger partial charge >= 0.3 is 0 Å². The minimum absolute atomic E-state index is 0.000407. The second-order valence-electron chi connectivity index (χ2n) is 6.70. The van der Waals surface area contributed by atoms with Crippen LogP contribution in [0, 0.1) is 5.92 Å². The monoisotopic (exact) mass is 286 g/mol. The fourth-order valence-electron chi connectivity index (χ4n) is 4.10. The maximum atomic E-state index is 10.7. The number of hydrogen-bond donors (Lipinski definition) is 2. The van der Waals surface area contributed by atoms with Crippen LogP contribution in [0.25, 0.3) is 0 Å². The van der Waals surface area contributed by atoms with Crippen LogP contribution in [0.15, 0.2) is 0 Å². The number of rotatable bonds is 2. The Morgan fingerprint density at radius 2 is 1.95 bits per heavy atom. The molecule has 0 radical (unpaired) electrons. The van der Waals surface area contributed by atoms with Crippen molar-refractivity contribution < 1.29 is 14.9 Å². The minimum atomic E-state index is -0.826. The molecule has 19 heavy (non-hydrogen) atoms. The van der Waals surface area contributed by atoms with Gasteiger partial charge in [0.15, 0.2) is 0 Å². The van der Waals surface area contributed by atoms with E-state index in [2.05, 4.69) is 0 Å². The molecule has 0 bridgehead atoms. The molecule has 3 fully saturated rings. The standard InChI is InChI=1S/C15H26O3S/c16-13(15(17)5-2-1-3-6-15)12-4-8-18-14(10-12)7-9-19-11-14/h12-13,16-17H,1-11H2. The van der Waals surface area contributed by atoms with Crippen LogP contribution in [0.4, 0.5) is 0 Å². The molecule has 0 aromatic carbocycles. The van der Waals surface area contributed by atoms with E-state index in [0.717, 1.165) is 57.3 Å². The number of aliphatic hydroxyl groups excluding tert-OH is 1. The fourth-order valence-corrected chi connectivity index (χ4v) is 5.48. The van der Waals surface area contributed by atoms with Crippen molar-refractivity contribution in [1.82, 2.24) is 0 Å². The Kier molecular flexibility index (Phi) is 4.14. The first kappa shape index (κ1) is 14.2. The van der Waals surface area contributed by atoms with Gasteiger partial charge in [0.2, 0.25) is 0 Å². The van der Waals surface area contributed by atoms with Crippen LogP contribution in [0.2, 0.25) is 0 Å². The first-order valence-corrected chi connectivity index (χ1v) is 8.91. The van der Waals surface area contributed by atoms with Crippen molar-refractivity contribution in [2.75, 3.05) is 18.1 Å². The van der Waals surface area contributed by atoms with Crippen LogP contribution < -0.4 is 0 Å². The van der Waals surface area contributed by atoms with E-state index in [-0.39, 0.29) is 11.5 Å². The lowest BCUT2D eigenvalue weighted by Gasteiger charge is -2.45. The van der Waals surface area contributed by atoms with Crippen molar-refractivity contribution in [3.63, 3.8) is 0 Å². The Morgan fingerprint density at radius 3 is 2.63 bits per heavy atom. The molecule has 3 aliphatic rings. The zero-order chi connectivity index (χ0) is 13.3. The van der Waals surface area contributed by atoms with Gasteiger partial charge in [-0.2, -0.15) is 11.8 Å². The molecule has 110 valence electrons. The highest BCUT2D eigenvalue weighted by Gasteiger charge is 2.47. The molecule has 3 unspecified atom stereocenters. The van der Waals surface area contributed by atoms with Crippen molar-refractivity contribution in [2.45, 2.75) is 68.7 Å². The second-order valence-corrected chi connectivity index (χ2v) is 7.80. The van der Waals surface area contributed by atoms with Crippen molar-refractivity contribution in [2.24, 2.45) is 5.92 Å². The highest BCUT2D eigenvalue weighted by atomic mass is 32.2. The molecule has 3 nitrogen and oxygen atoms in total. The fraction of sp³-hybridized carbons (Fsp3) is 1.00. The van der Waals surface area contributed by atoms with Crippen molar-refractivity contribution >= 4 is 11.8 Å². The molecule has 3 atom stereocenters. The second kappa shape index (κ2) is 5.55. The van der Waals surface area contributed by atoms with Crippen molar-refractivity contribution in [3.8, 4) is 0 Å². The zero-order valence-electron chi connectivity index (χ0n) is 11.6. The van der Waals surface area contributed by atoms with Gasteiger partial charge in [-0.25, -0.2) is 0 Å². The lowest BCUT2D eigenvalue weighted by molar-refractivity contribution is -0.160. The van der Waals surface area contributed by atoms with E-state index in [4.69, 9.17) is 4.74 Å². The summed E-state index contributed by atoms with van der Waals surface area (Å²) in [4.78, 5) is 0. The first-order valence-electron chi connectivity index (χ1n) is 7.76. The van der Waals surface area contributed by atoms with E-state index in [0.29, 0.717) is 0 Å². The molecule has 1 spiro atoms. The summed E-state index contributed by atoms with van der Waals surface area (Å²) >= 11 is 1.96. The number of aliphatic hydroxyl groups is 2. The van der Waals surface area contributed by atoms with Crippen molar-refractivity contribution in [3.05, 3.63) is 0 Å². The summed E-state index contributed by atoms with van der Waals surface area (Å²) in [5.41, 5.74) is -0.827. The van der Waals surface area contributed by atoms with Crippen LogP contribution in [0.3, 0.4) is 0 Å². The molecular weight excluding hydrogens is 260 g/mol. The SMILES string of the molecule is OC(C1CCOC2(CCSC2)C1)C1(O)CCCCC1. The van der Waals surface area contributed by atoms with E-state index >= 15 is 0 Å². The Bertz CT molecular complexity index is 309. The van der Waals surface area contributed by atoms with E-state index in [9.17, 15) is 10.2 Å². The molecule has 2 heterocycles. The molecule has 2 aliphatic heterocycles. The quantitative estimate of drug-likeness (QED) is 0.818. The summed E-state index contributed by atoms with van der Waals surface area (Å²) in [5, 5.41) is 21.4. The Morgan fingerprint density at radius 1 is 1.16 bits per heavy atom. The predicted octanol–water partition coefficient (Wildman–Crippen LogP) is 2.34. The molecule has 3 rings (SSSR count). The number of thioether (sulfide) groups is 1. The minimum Gasteiger partial charge on any atom is -0.390 e. The first-order chi connectivity index (χ1) is 9.14. The van der Waals surface area contributed by atoms with Crippen LogP contribution >= 0.6 is 11.8 Å². The van der Waals surface area contributed by atoms with Crippen LogP contribution in [-0.2, 0) is 4.74 Å². The maximum Gasteiger partial charge on any atom is 0.0908 e. The van der Waals surface area contributed by atoms with Gasteiger partial charge < -0.3 is 14.9 Å². The average molecular weight is 286 g/mol. The smallest absolute Gasteiger partial charge is 0.0908 e. The third-order valence-corrected chi connectivity index (χ3v) is 6.54. The molecular formula is C15H26O3S. The normalized spacial score (nSPS) is 40.4. The van der Waals surface area contributed by atoms with Gasteiger partial charge in [0, 0.05) is 12.4 Å². The maximum absolute atomic E-state index is 10.7. The zero-order valence-corrected chi connectivity index (χ0v) is 12.5. The highest BCUT2D eigenvalue weighted by Crippen LogP contribution is 2.44. The van der Waals surface area contributed by atoms with Gasteiger partial charge in [0.25, 0.3) is 0 Å². The third kappa shape index (κ3) is 2.82. The topological polar surface area (TPSA) is 49.7 Å². The third-order valence-electron chi connectivity index (χ3n) is 5.31. The van der Waals surface area contributed by atoms with E-state index in [1.165, 1.54) is 12.2 Å².